The third-order valence-electron chi connectivity index (χ3n) is 6.61. The zero-order chi connectivity index (χ0) is 24.7. The molecule has 2 N–H and O–H groups in total. The molecule has 7 heteroatoms. The number of carbonyl (C=O) groups is 3. The summed E-state index contributed by atoms with van der Waals surface area (Å²) in [4.78, 5) is 40.9. The average Bonchev–Trinajstić information content (AvgIpc) is 2.87. The highest BCUT2D eigenvalue weighted by atomic mass is 16.5. The van der Waals surface area contributed by atoms with Crippen LogP contribution in [0.3, 0.4) is 0 Å². The summed E-state index contributed by atoms with van der Waals surface area (Å²) in [7, 11) is 1.57. The summed E-state index contributed by atoms with van der Waals surface area (Å²) in [5, 5.41) is 6.02. The highest BCUT2D eigenvalue weighted by molar-refractivity contribution is 5.98. The van der Waals surface area contributed by atoms with Crippen LogP contribution in [0.1, 0.15) is 54.3 Å². The monoisotopic (exact) mass is 465 g/mol. The smallest absolute Gasteiger partial charge is 0.253 e. The van der Waals surface area contributed by atoms with E-state index in [0.717, 1.165) is 0 Å². The van der Waals surface area contributed by atoms with Gasteiger partial charge in [0.05, 0.1) is 7.11 Å². The van der Waals surface area contributed by atoms with E-state index in [4.69, 9.17) is 4.74 Å². The molecule has 182 valence electrons. The topological polar surface area (TPSA) is 87.7 Å². The van der Waals surface area contributed by atoms with Crippen LogP contribution in [0, 0.1) is 11.8 Å². The molecule has 34 heavy (non-hydrogen) atoms. The van der Waals surface area contributed by atoms with E-state index in [1.807, 2.05) is 56.0 Å². The Kier molecular flexibility index (Phi) is 8.68. The lowest BCUT2D eigenvalue weighted by Gasteiger charge is -2.36. The number of amides is 3. The third kappa shape index (κ3) is 6.37. The van der Waals surface area contributed by atoms with Crippen LogP contribution in [0.2, 0.25) is 0 Å². The quantitative estimate of drug-likeness (QED) is 0.625. The molecule has 2 aromatic rings. The van der Waals surface area contributed by atoms with Gasteiger partial charge < -0.3 is 20.3 Å². The van der Waals surface area contributed by atoms with E-state index in [-0.39, 0.29) is 35.6 Å². The molecule has 2 unspecified atom stereocenters. The Balaban J connectivity index is 1.71. The van der Waals surface area contributed by atoms with Crippen molar-refractivity contribution in [3.63, 3.8) is 0 Å². The molecule has 0 aliphatic carbocycles. The first kappa shape index (κ1) is 25.3. The van der Waals surface area contributed by atoms with Crippen molar-refractivity contribution in [1.82, 2.24) is 15.5 Å². The molecule has 2 aromatic carbocycles. The van der Waals surface area contributed by atoms with Crippen LogP contribution in [0.5, 0.6) is 5.75 Å². The second kappa shape index (κ2) is 11.7. The number of ether oxygens (including phenoxy) is 1. The fraction of sp³-hybridized carbons (Fsp3) is 0.444. The minimum atomic E-state index is -0.676. The third-order valence-corrected chi connectivity index (χ3v) is 6.61. The molecule has 3 amide bonds. The van der Waals surface area contributed by atoms with E-state index in [1.54, 1.807) is 31.4 Å². The first-order valence-electron chi connectivity index (χ1n) is 11.9. The zero-order valence-corrected chi connectivity index (χ0v) is 20.4. The van der Waals surface area contributed by atoms with Crippen LogP contribution in [-0.4, -0.2) is 54.9 Å². The van der Waals surface area contributed by atoms with Crippen molar-refractivity contribution < 1.29 is 19.1 Å². The predicted molar refractivity (Wildman–Crippen MR) is 132 cm³/mol. The normalized spacial score (nSPS) is 16.0. The number of hydrogen-bond donors (Lipinski definition) is 2. The number of rotatable bonds is 8. The summed E-state index contributed by atoms with van der Waals surface area (Å²) in [6.07, 6.45) is 1.27. The Morgan fingerprint density at radius 1 is 0.882 bits per heavy atom. The minimum Gasteiger partial charge on any atom is -0.497 e. The number of piperidine rings is 1. The maximum atomic E-state index is 13.2. The highest BCUT2D eigenvalue weighted by Crippen LogP contribution is 2.23. The van der Waals surface area contributed by atoms with Gasteiger partial charge >= 0.3 is 0 Å². The van der Waals surface area contributed by atoms with Gasteiger partial charge in [0.15, 0.2) is 0 Å². The van der Waals surface area contributed by atoms with Gasteiger partial charge in [-0.15, -0.1) is 0 Å². The van der Waals surface area contributed by atoms with Gasteiger partial charge in [0.2, 0.25) is 5.91 Å². The molecule has 0 spiro atoms. The molecule has 3 rings (SSSR count). The van der Waals surface area contributed by atoms with E-state index >= 15 is 0 Å². The van der Waals surface area contributed by atoms with Crippen LogP contribution >= 0.6 is 0 Å². The van der Waals surface area contributed by atoms with Crippen molar-refractivity contribution in [3.8, 4) is 5.75 Å². The van der Waals surface area contributed by atoms with Gasteiger partial charge in [-0.3, -0.25) is 14.4 Å². The van der Waals surface area contributed by atoms with Gasteiger partial charge in [-0.2, -0.15) is 0 Å². The number of likely N-dealkylation sites (tertiary alicyclic amines) is 1. The SMILES string of the molecule is COc1ccc(C(=O)NC(C(=O)NC(C)C(C)C)C2CCN(C(=O)c3ccccc3)CC2)cc1. The van der Waals surface area contributed by atoms with Crippen molar-refractivity contribution in [2.24, 2.45) is 11.8 Å². The van der Waals surface area contributed by atoms with Crippen LogP contribution in [0.4, 0.5) is 0 Å². The summed E-state index contributed by atoms with van der Waals surface area (Å²) in [5.41, 5.74) is 1.13. The van der Waals surface area contributed by atoms with E-state index in [2.05, 4.69) is 10.6 Å². The Morgan fingerprint density at radius 2 is 1.50 bits per heavy atom. The zero-order valence-electron chi connectivity index (χ0n) is 20.4. The van der Waals surface area contributed by atoms with Gasteiger partial charge in [-0.25, -0.2) is 0 Å². The van der Waals surface area contributed by atoms with E-state index in [0.29, 0.717) is 42.8 Å². The highest BCUT2D eigenvalue weighted by Gasteiger charge is 2.34. The van der Waals surface area contributed by atoms with E-state index in [1.165, 1.54) is 0 Å². The molecule has 1 aliphatic heterocycles. The van der Waals surface area contributed by atoms with Crippen molar-refractivity contribution in [3.05, 3.63) is 65.7 Å². The molecule has 1 saturated heterocycles. The fourth-order valence-electron chi connectivity index (χ4n) is 4.04. The number of nitrogens with zero attached hydrogens (tertiary/aromatic N) is 1. The molecule has 7 nitrogen and oxygen atoms in total. The first-order chi connectivity index (χ1) is 16.3. The van der Waals surface area contributed by atoms with Crippen molar-refractivity contribution in [1.29, 1.82) is 0 Å². The fourth-order valence-corrected chi connectivity index (χ4v) is 4.04. The number of nitrogens with one attached hydrogen (secondary N) is 2. The van der Waals surface area contributed by atoms with Crippen molar-refractivity contribution in [2.75, 3.05) is 20.2 Å². The first-order valence-corrected chi connectivity index (χ1v) is 11.9. The standard InChI is InChI=1S/C27H35N3O4/c1-18(2)19(3)28-26(32)24(29-25(31)21-10-12-23(34-4)13-11-21)20-14-16-30(17-15-20)27(33)22-8-6-5-7-9-22/h5-13,18-20,24H,14-17H2,1-4H3,(H,28,32)(H,29,31). The molecule has 2 atom stereocenters. The molecule has 1 fully saturated rings. The minimum absolute atomic E-state index is 0.00394. The van der Waals surface area contributed by atoms with Gasteiger partial charge in [0.1, 0.15) is 11.8 Å². The van der Waals surface area contributed by atoms with Crippen LogP contribution < -0.4 is 15.4 Å². The number of hydrogen-bond acceptors (Lipinski definition) is 4. The van der Waals surface area contributed by atoms with Gasteiger partial charge in [0, 0.05) is 30.3 Å². The molecule has 1 aliphatic rings. The van der Waals surface area contributed by atoms with Crippen LogP contribution in [-0.2, 0) is 4.79 Å². The maximum Gasteiger partial charge on any atom is 0.253 e. The maximum absolute atomic E-state index is 13.2. The Labute approximate surface area is 201 Å². The molecule has 0 bridgehead atoms. The number of methoxy groups -OCH3 is 1. The average molecular weight is 466 g/mol. The predicted octanol–water partition coefficient (Wildman–Crippen LogP) is 3.51. The van der Waals surface area contributed by atoms with E-state index in [9.17, 15) is 14.4 Å². The van der Waals surface area contributed by atoms with Crippen molar-refractivity contribution in [2.45, 2.75) is 45.7 Å². The van der Waals surface area contributed by atoms with Gasteiger partial charge in [0.25, 0.3) is 11.8 Å². The second-order valence-electron chi connectivity index (χ2n) is 9.22. The lowest BCUT2D eigenvalue weighted by Crippen LogP contribution is -2.55. The number of benzene rings is 2. The summed E-state index contributed by atoms with van der Waals surface area (Å²) in [6.45, 7) is 7.14. The molecule has 0 radical (unpaired) electrons. The molecule has 1 heterocycles. The van der Waals surface area contributed by atoms with Gasteiger partial charge in [-0.1, -0.05) is 32.0 Å². The number of carbonyl (C=O) groups excluding carboxylic acids is 3. The summed E-state index contributed by atoms with van der Waals surface area (Å²) >= 11 is 0. The van der Waals surface area contributed by atoms with Crippen LogP contribution in [0.25, 0.3) is 0 Å². The lowest BCUT2D eigenvalue weighted by molar-refractivity contribution is -0.125. The molecule has 0 saturated carbocycles. The second-order valence-corrected chi connectivity index (χ2v) is 9.22. The molecular weight excluding hydrogens is 430 g/mol. The lowest BCUT2D eigenvalue weighted by atomic mass is 9.87. The summed E-state index contributed by atoms with van der Waals surface area (Å²) in [5.74, 6) is 0.370. The Bertz CT molecular complexity index is 967. The summed E-state index contributed by atoms with van der Waals surface area (Å²) < 4.78 is 5.16. The molecular formula is C27H35N3O4. The summed E-state index contributed by atoms with van der Waals surface area (Å²) in [6, 6.07) is 15.3. The van der Waals surface area contributed by atoms with Crippen LogP contribution in [0.15, 0.2) is 54.6 Å². The molecule has 0 aromatic heterocycles. The Morgan fingerprint density at radius 3 is 2.06 bits per heavy atom. The van der Waals surface area contributed by atoms with E-state index < -0.39 is 6.04 Å². The largest absolute Gasteiger partial charge is 0.497 e. The Hall–Kier alpha value is -3.35. The van der Waals surface area contributed by atoms with Gasteiger partial charge in [-0.05, 0) is 68.0 Å². The van der Waals surface area contributed by atoms with Crippen molar-refractivity contribution >= 4 is 17.7 Å².